The van der Waals surface area contributed by atoms with Crippen LogP contribution in [0, 0.1) is 6.92 Å². The summed E-state index contributed by atoms with van der Waals surface area (Å²) in [6.07, 6.45) is -1.46. The van der Waals surface area contributed by atoms with Crippen molar-refractivity contribution in [1.29, 1.82) is 0 Å². The minimum Gasteiger partial charge on any atom is -0.489 e. The predicted octanol–water partition coefficient (Wildman–Crippen LogP) is 4.57. The molecule has 0 radical (unpaired) electrons. The fourth-order valence-corrected chi connectivity index (χ4v) is 5.87. The Balaban J connectivity index is 1.32. The number of methoxy groups -OCH3 is 1. The third kappa shape index (κ3) is 8.17. The highest BCUT2D eigenvalue weighted by Gasteiger charge is 2.35. The van der Waals surface area contributed by atoms with Gasteiger partial charge in [-0.2, -0.15) is 4.98 Å². The number of benzene rings is 2. The summed E-state index contributed by atoms with van der Waals surface area (Å²) in [6, 6.07) is 13.6. The number of hydrogen-bond donors (Lipinski definition) is 3. The molecule has 0 unspecified atom stereocenters. The van der Waals surface area contributed by atoms with Gasteiger partial charge in [0.05, 0.1) is 13.2 Å². The van der Waals surface area contributed by atoms with Crippen LogP contribution in [0.4, 0.5) is 19.1 Å². The van der Waals surface area contributed by atoms with Gasteiger partial charge < -0.3 is 24.6 Å². The molecule has 3 heterocycles. The number of anilines is 1. The number of halogens is 3. The minimum atomic E-state index is -5.16. The van der Waals surface area contributed by atoms with Crippen LogP contribution in [-0.2, 0) is 16.4 Å². The monoisotopic (exact) mass is 645 g/mol. The normalized spacial score (nSPS) is 15.5. The van der Waals surface area contributed by atoms with E-state index in [-0.39, 0.29) is 17.9 Å². The Morgan fingerprint density at radius 2 is 1.89 bits per heavy atom. The molecule has 0 spiro atoms. The molecule has 0 amide bonds. The molecule has 0 bridgehead atoms. The molecule has 1 aliphatic heterocycles. The van der Waals surface area contributed by atoms with Crippen molar-refractivity contribution in [2.24, 2.45) is 0 Å². The first-order valence-corrected chi connectivity index (χ1v) is 15.3. The van der Waals surface area contributed by atoms with E-state index in [9.17, 15) is 26.7 Å². The standard InChI is InChI=1S/C30H30F3N5O6S/c1-18-12-28(42-2)37-29(36-18)38-45(40,41)27-10-7-20(14-26(27)44-30(31,32)33)19-6-9-25-21(13-19)5-8-23(43-25)16-35-17-24(39)22-4-3-11-34-15-22/h3-4,6-7,9-15,23-24,35,39H,5,8,16-17H2,1-2H3,(H,36,37,38)/t23-,24+/m1/s1. The third-order valence-electron chi connectivity index (χ3n) is 6.93. The van der Waals surface area contributed by atoms with Crippen LogP contribution < -0.4 is 24.2 Å². The second kappa shape index (κ2) is 13.3. The number of aliphatic hydroxyl groups is 1. The molecule has 11 nitrogen and oxygen atoms in total. The molecule has 45 heavy (non-hydrogen) atoms. The first kappa shape index (κ1) is 31.9. The van der Waals surface area contributed by atoms with E-state index in [1.807, 2.05) is 0 Å². The Bertz CT molecular complexity index is 1760. The van der Waals surface area contributed by atoms with Crippen LogP contribution >= 0.6 is 0 Å². The molecule has 1 aliphatic rings. The lowest BCUT2D eigenvalue weighted by Gasteiger charge is -2.27. The fraction of sp³-hybridized carbons (Fsp3) is 0.300. The smallest absolute Gasteiger partial charge is 0.489 e. The summed E-state index contributed by atoms with van der Waals surface area (Å²) >= 11 is 0. The number of aryl methyl sites for hydroxylation is 2. The van der Waals surface area contributed by atoms with Gasteiger partial charge in [0.2, 0.25) is 11.8 Å². The second-order valence-electron chi connectivity index (χ2n) is 10.3. The number of rotatable bonds is 11. The molecular formula is C30H30F3N5O6S. The van der Waals surface area contributed by atoms with Crippen molar-refractivity contribution < 1.29 is 40.9 Å². The Morgan fingerprint density at radius 1 is 1.11 bits per heavy atom. The van der Waals surface area contributed by atoms with Gasteiger partial charge in [-0.25, -0.2) is 18.1 Å². The van der Waals surface area contributed by atoms with Crippen LogP contribution in [0.2, 0.25) is 0 Å². The van der Waals surface area contributed by atoms with Crippen molar-refractivity contribution in [2.45, 2.75) is 43.2 Å². The molecule has 0 saturated heterocycles. The lowest BCUT2D eigenvalue weighted by Crippen LogP contribution is -2.36. The van der Waals surface area contributed by atoms with Gasteiger partial charge in [0.1, 0.15) is 16.7 Å². The fourth-order valence-electron chi connectivity index (χ4n) is 4.82. The number of sulfonamides is 1. The van der Waals surface area contributed by atoms with Crippen LogP contribution in [0.3, 0.4) is 0 Å². The summed E-state index contributed by atoms with van der Waals surface area (Å²) in [7, 11) is -3.28. The van der Waals surface area contributed by atoms with Gasteiger partial charge in [-0.05, 0) is 66.8 Å². The number of pyridine rings is 1. The average molecular weight is 646 g/mol. The van der Waals surface area contributed by atoms with E-state index in [0.29, 0.717) is 54.1 Å². The molecule has 5 rings (SSSR count). The summed E-state index contributed by atoms with van der Waals surface area (Å²) in [5.74, 6) is -0.586. The van der Waals surface area contributed by atoms with Crippen LogP contribution in [0.25, 0.3) is 11.1 Å². The van der Waals surface area contributed by atoms with Crippen molar-refractivity contribution in [3.05, 3.63) is 83.8 Å². The van der Waals surface area contributed by atoms with Crippen LogP contribution in [0.1, 0.15) is 29.3 Å². The van der Waals surface area contributed by atoms with Gasteiger partial charge in [0.15, 0.2) is 5.75 Å². The summed E-state index contributed by atoms with van der Waals surface area (Å²) in [6.45, 7) is 2.40. The Morgan fingerprint density at radius 3 is 2.62 bits per heavy atom. The molecule has 15 heteroatoms. The SMILES string of the molecule is COc1cc(C)nc(NS(=O)(=O)c2ccc(-c3ccc4c(c3)CC[C@H](CNC[C@H](O)c3cccnc3)O4)cc2OC(F)(F)F)n1. The van der Waals surface area contributed by atoms with Crippen molar-refractivity contribution in [3.63, 3.8) is 0 Å². The lowest BCUT2D eigenvalue weighted by molar-refractivity contribution is -0.275. The minimum absolute atomic E-state index is 0.0703. The molecule has 3 N–H and O–H groups in total. The maximum Gasteiger partial charge on any atom is 0.573 e. The van der Waals surface area contributed by atoms with Crippen molar-refractivity contribution >= 4 is 16.0 Å². The molecular weight excluding hydrogens is 615 g/mol. The van der Waals surface area contributed by atoms with Gasteiger partial charge in [0.25, 0.3) is 10.0 Å². The van der Waals surface area contributed by atoms with Crippen LogP contribution in [-0.4, -0.2) is 61.1 Å². The molecule has 0 aliphatic carbocycles. The first-order chi connectivity index (χ1) is 21.4. The predicted molar refractivity (Wildman–Crippen MR) is 157 cm³/mol. The molecule has 2 atom stereocenters. The number of aromatic nitrogens is 3. The molecule has 2 aromatic heterocycles. The van der Waals surface area contributed by atoms with E-state index in [2.05, 4.69) is 29.7 Å². The Hall–Kier alpha value is -4.47. The largest absolute Gasteiger partial charge is 0.573 e. The average Bonchev–Trinajstić information content (AvgIpc) is 2.99. The van der Waals surface area contributed by atoms with E-state index in [0.717, 1.165) is 17.7 Å². The maximum atomic E-state index is 13.4. The Labute approximate surface area is 257 Å². The number of fused-ring (bicyclic) bond motifs is 1. The lowest BCUT2D eigenvalue weighted by atomic mass is 9.97. The van der Waals surface area contributed by atoms with Gasteiger partial charge in [-0.15, -0.1) is 13.2 Å². The third-order valence-corrected chi connectivity index (χ3v) is 8.29. The van der Waals surface area contributed by atoms with Gasteiger partial charge in [-0.1, -0.05) is 18.2 Å². The zero-order valence-corrected chi connectivity index (χ0v) is 25.0. The summed E-state index contributed by atoms with van der Waals surface area (Å²) in [5, 5.41) is 13.5. The van der Waals surface area contributed by atoms with Crippen LogP contribution in [0.5, 0.6) is 17.4 Å². The van der Waals surface area contributed by atoms with Crippen molar-refractivity contribution in [1.82, 2.24) is 20.3 Å². The van der Waals surface area contributed by atoms with Crippen molar-refractivity contribution in [3.8, 4) is 28.5 Å². The van der Waals surface area contributed by atoms with Gasteiger partial charge >= 0.3 is 6.36 Å². The quantitative estimate of drug-likeness (QED) is 0.212. The molecule has 0 saturated carbocycles. The molecule has 2 aromatic carbocycles. The van der Waals surface area contributed by atoms with Gasteiger partial charge in [0, 0.05) is 42.8 Å². The summed E-state index contributed by atoms with van der Waals surface area (Å²) in [5.41, 5.74) is 2.78. The summed E-state index contributed by atoms with van der Waals surface area (Å²) in [4.78, 5) is 11.1. The number of aliphatic hydroxyl groups excluding tert-OH is 1. The highest BCUT2D eigenvalue weighted by atomic mass is 32.2. The van der Waals surface area contributed by atoms with E-state index < -0.39 is 33.1 Å². The molecule has 238 valence electrons. The highest BCUT2D eigenvalue weighted by Crippen LogP contribution is 2.37. The Kier molecular flexibility index (Phi) is 9.41. The number of nitrogens with one attached hydrogen (secondary N) is 2. The number of ether oxygens (including phenoxy) is 3. The first-order valence-electron chi connectivity index (χ1n) is 13.8. The summed E-state index contributed by atoms with van der Waals surface area (Å²) < 4.78 is 83.8. The zero-order valence-electron chi connectivity index (χ0n) is 24.2. The number of hydrogen-bond acceptors (Lipinski definition) is 10. The van der Waals surface area contributed by atoms with E-state index in [1.165, 1.54) is 19.2 Å². The van der Waals surface area contributed by atoms with E-state index in [1.54, 1.807) is 49.6 Å². The van der Waals surface area contributed by atoms with Crippen molar-refractivity contribution in [2.75, 3.05) is 24.9 Å². The number of alkyl halides is 3. The maximum absolute atomic E-state index is 13.4. The second-order valence-corrected chi connectivity index (χ2v) is 11.9. The molecule has 4 aromatic rings. The number of nitrogens with zero attached hydrogens (tertiary/aromatic N) is 3. The molecule has 0 fully saturated rings. The highest BCUT2D eigenvalue weighted by molar-refractivity contribution is 7.92. The van der Waals surface area contributed by atoms with E-state index in [4.69, 9.17) is 9.47 Å². The zero-order chi connectivity index (χ0) is 32.2. The van der Waals surface area contributed by atoms with E-state index >= 15 is 0 Å². The topological polar surface area (TPSA) is 145 Å². The van der Waals surface area contributed by atoms with Crippen LogP contribution in [0.15, 0.2) is 71.9 Å². The van der Waals surface area contributed by atoms with Gasteiger partial charge in [-0.3, -0.25) is 4.98 Å².